The standard InChI is InChI=1S/C14H13F4N3O2S.C8H6Cl2O3/c1-8(2)21(10-5-3-9(15)4-6-10)11(22)7-23-13-20-19-12(24-13)14(16,17)18;9-5-1-2-7(6(10)3-5)13-4-8(11)12/h3-6,8H,7H2,1-2H3;1-3H,4H2,(H,11,12). The van der Waals surface area contributed by atoms with Crippen LogP contribution in [0.15, 0.2) is 42.5 Å². The number of benzene rings is 2. The van der Waals surface area contributed by atoms with Crippen molar-refractivity contribution in [2.45, 2.75) is 26.1 Å². The van der Waals surface area contributed by atoms with Gasteiger partial charge in [0.05, 0.1) is 5.02 Å². The van der Waals surface area contributed by atoms with Gasteiger partial charge in [-0.05, 0) is 56.3 Å². The highest BCUT2D eigenvalue weighted by Gasteiger charge is 2.36. The fourth-order valence-corrected chi connectivity index (χ4v) is 3.66. The summed E-state index contributed by atoms with van der Waals surface area (Å²) in [6.07, 6.45) is -4.61. The van der Waals surface area contributed by atoms with E-state index in [0.717, 1.165) is 0 Å². The number of carbonyl (C=O) groups excluding carboxylic acids is 1. The minimum atomic E-state index is -4.61. The van der Waals surface area contributed by atoms with Gasteiger partial charge in [-0.25, -0.2) is 9.18 Å². The molecule has 1 N–H and O–H groups in total. The third-order valence-corrected chi connectivity index (χ3v) is 5.51. The van der Waals surface area contributed by atoms with Gasteiger partial charge >= 0.3 is 12.1 Å². The molecule has 1 amide bonds. The maximum absolute atomic E-state index is 13.0. The fourth-order valence-electron chi connectivity index (χ4n) is 2.64. The molecule has 0 aliphatic carbocycles. The summed E-state index contributed by atoms with van der Waals surface area (Å²) in [5, 5.41) is 13.8. The smallest absolute Gasteiger partial charge is 0.445 e. The van der Waals surface area contributed by atoms with E-state index in [9.17, 15) is 27.2 Å². The molecule has 8 nitrogen and oxygen atoms in total. The van der Waals surface area contributed by atoms with E-state index in [1.54, 1.807) is 19.9 Å². The summed E-state index contributed by atoms with van der Waals surface area (Å²) in [7, 11) is 0. The Labute approximate surface area is 222 Å². The van der Waals surface area contributed by atoms with Gasteiger partial charge in [-0.3, -0.25) is 4.79 Å². The van der Waals surface area contributed by atoms with Gasteiger partial charge in [0.15, 0.2) is 13.2 Å². The molecule has 0 saturated heterocycles. The second kappa shape index (κ2) is 13.4. The number of hydrogen-bond acceptors (Lipinski definition) is 7. The minimum absolute atomic E-state index is 0.210. The molecular formula is C22H19Cl2F4N3O5S. The largest absolute Gasteiger partial charge is 0.480 e. The molecule has 0 radical (unpaired) electrons. The second-order valence-corrected chi connectivity index (χ2v) is 9.03. The topological polar surface area (TPSA) is 102 Å². The van der Waals surface area contributed by atoms with Crippen LogP contribution in [0.5, 0.6) is 10.9 Å². The monoisotopic (exact) mass is 583 g/mol. The van der Waals surface area contributed by atoms with Crippen LogP contribution < -0.4 is 14.4 Å². The van der Waals surface area contributed by atoms with E-state index >= 15 is 0 Å². The number of aromatic nitrogens is 2. The number of carboxylic acids is 1. The van der Waals surface area contributed by atoms with Crippen LogP contribution in [0.2, 0.25) is 10.0 Å². The molecule has 3 aromatic rings. The van der Waals surface area contributed by atoms with Crippen molar-refractivity contribution in [3.8, 4) is 10.9 Å². The molecule has 15 heteroatoms. The molecule has 3 rings (SSSR count). The van der Waals surface area contributed by atoms with E-state index in [2.05, 4.69) is 10.2 Å². The Hall–Kier alpha value is -3.16. The SMILES string of the molecule is CC(C)N(C(=O)COc1nnc(C(F)(F)F)s1)c1ccc(F)cc1.O=C(O)COc1ccc(Cl)cc1Cl. The lowest BCUT2D eigenvalue weighted by Gasteiger charge is -2.26. The Bertz CT molecular complexity index is 1210. The highest BCUT2D eigenvalue weighted by atomic mass is 35.5. The Morgan fingerprint density at radius 2 is 1.70 bits per heavy atom. The van der Waals surface area contributed by atoms with Crippen molar-refractivity contribution in [3.05, 3.63) is 63.3 Å². The maximum atomic E-state index is 13.0. The number of carbonyl (C=O) groups is 2. The third kappa shape index (κ3) is 9.67. The van der Waals surface area contributed by atoms with Crippen LogP contribution in [-0.4, -0.2) is 46.4 Å². The molecule has 0 aliphatic heterocycles. The van der Waals surface area contributed by atoms with Gasteiger partial charge in [0.2, 0.25) is 5.01 Å². The van der Waals surface area contributed by atoms with E-state index in [1.807, 2.05) is 0 Å². The van der Waals surface area contributed by atoms with Crippen LogP contribution in [0, 0.1) is 5.82 Å². The summed E-state index contributed by atoms with van der Waals surface area (Å²) in [6.45, 7) is 2.56. The summed E-state index contributed by atoms with van der Waals surface area (Å²) in [6, 6.07) is 9.60. The van der Waals surface area contributed by atoms with Crippen LogP contribution in [0.25, 0.3) is 0 Å². The highest BCUT2D eigenvalue weighted by molar-refractivity contribution is 7.13. The van der Waals surface area contributed by atoms with Gasteiger partial charge in [-0.2, -0.15) is 13.2 Å². The summed E-state index contributed by atoms with van der Waals surface area (Å²) in [5.74, 6) is -1.68. The lowest BCUT2D eigenvalue weighted by molar-refractivity contribution is -0.139. The number of anilines is 1. The number of nitrogens with zero attached hydrogens (tertiary/aromatic N) is 3. The van der Waals surface area contributed by atoms with Gasteiger partial charge in [-0.15, -0.1) is 5.10 Å². The van der Waals surface area contributed by atoms with Crippen LogP contribution in [0.4, 0.5) is 23.2 Å². The van der Waals surface area contributed by atoms with Crippen LogP contribution in [0.1, 0.15) is 18.9 Å². The first-order valence-electron chi connectivity index (χ1n) is 10.2. The average molecular weight is 584 g/mol. The lowest BCUT2D eigenvalue weighted by Crippen LogP contribution is -2.40. The quantitative estimate of drug-likeness (QED) is 0.326. The van der Waals surface area contributed by atoms with Crippen molar-refractivity contribution < 1.29 is 41.7 Å². The lowest BCUT2D eigenvalue weighted by atomic mass is 10.2. The van der Waals surface area contributed by atoms with Gasteiger partial charge in [0, 0.05) is 16.8 Å². The Balaban J connectivity index is 0.000000312. The molecule has 1 heterocycles. The zero-order chi connectivity index (χ0) is 27.8. The third-order valence-electron chi connectivity index (χ3n) is 4.10. The van der Waals surface area contributed by atoms with Crippen molar-refractivity contribution in [2.75, 3.05) is 18.1 Å². The molecule has 0 bridgehead atoms. The summed E-state index contributed by atoms with van der Waals surface area (Å²) >= 11 is 11.5. The normalized spacial score (nSPS) is 10.9. The van der Waals surface area contributed by atoms with Crippen molar-refractivity contribution in [2.24, 2.45) is 0 Å². The number of ether oxygens (including phenoxy) is 2. The number of rotatable bonds is 8. The molecule has 1 aromatic heterocycles. The Kier molecular flexibility index (Phi) is 10.9. The van der Waals surface area contributed by atoms with E-state index in [-0.39, 0.29) is 22.6 Å². The van der Waals surface area contributed by atoms with Crippen LogP contribution >= 0.6 is 34.5 Å². The zero-order valence-electron chi connectivity index (χ0n) is 19.1. The summed E-state index contributed by atoms with van der Waals surface area (Å²) < 4.78 is 60.2. The van der Waals surface area contributed by atoms with Crippen molar-refractivity contribution in [1.29, 1.82) is 0 Å². The first-order valence-corrected chi connectivity index (χ1v) is 11.8. The number of alkyl halides is 3. The molecule has 200 valence electrons. The summed E-state index contributed by atoms with van der Waals surface area (Å²) in [4.78, 5) is 23.8. The Morgan fingerprint density at radius 3 is 2.22 bits per heavy atom. The average Bonchev–Trinajstić information content (AvgIpc) is 3.28. The first kappa shape index (κ1) is 30.1. The predicted octanol–water partition coefficient (Wildman–Crippen LogP) is 5.97. The number of amides is 1. The van der Waals surface area contributed by atoms with Crippen molar-refractivity contribution in [1.82, 2.24) is 10.2 Å². The fraction of sp³-hybridized carbons (Fsp3) is 0.273. The summed E-state index contributed by atoms with van der Waals surface area (Å²) in [5.41, 5.74) is 0.452. The predicted molar refractivity (Wildman–Crippen MR) is 129 cm³/mol. The van der Waals surface area contributed by atoms with Gasteiger partial charge in [-0.1, -0.05) is 39.6 Å². The number of hydrogen-bond donors (Lipinski definition) is 1. The zero-order valence-corrected chi connectivity index (χ0v) is 21.5. The Morgan fingerprint density at radius 1 is 1.05 bits per heavy atom. The first-order chi connectivity index (χ1) is 17.3. The van der Waals surface area contributed by atoms with Crippen molar-refractivity contribution in [3.63, 3.8) is 0 Å². The van der Waals surface area contributed by atoms with E-state index in [4.69, 9.17) is 37.8 Å². The van der Waals surface area contributed by atoms with Crippen LogP contribution in [-0.2, 0) is 15.8 Å². The minimum Gasteiger partial charge on any atom is -0.480 e. The molecule has 2 aromatic carbocycles. The molecule has 0 unspecified atom stereocenters. The van der Waals surface area contributed by atoms with E-state index in [1.165, 1.54) is 41.3 Å². The number of carboxylic acid groups (broad SMARTS) is 1. The van der Waals surface area contributed by atoms with E-state index < -0.39 is 42.1 Å². The van der Waals surface area contributed by atoms with Gasteiger partial charge < -0.3 is 19.5 Å². The van der Waals surface area contributed by atoms with Crippen molar-refractivity contribution >= 4 is 52.1 Å². The number of aliphatic carboxylic acids is 1. The molecule has 0 spiro atoms. The number of halogens is 6. The second-order valence-electron chi connectivity index (χ2n) is 7.25. The molecule has 0 fully saturated rings. The van der Waals surface area contributed by atoms with E-state index in [0.29, 0.717) is 21.5 Å². The molecular weight excluding hydrogens is 565 g/mol. The highest BCUT2D eigenvalue weighted by Crippen LogP contribution is 2.34. The van der Waals surface area contributed by atoms with Crippen LogP contribution in [0.3, 0.4) is 0 Å². The molecule has 0 aliphatic rings. The van der Waals surface area contributed by atoms with Gasteiger partial charge in [0.25, 0.3) is 11.1 Å². The molecule has 0 saturated carbocycles. The molecule has 37 heavy (non-hydrogen) atoms. The molecule has 0 atom stereocenters. The maximum Gasteiger partial charge on any atom is 0.445 e. The van der Waals surface area contributed by atoms with Gasteiger partial charge in [0.1, 0.15) is 11.6 Å².